The topological polar surface area (TPSA) is 98.5 Å². The molecule has 0 fully saturated rings. The molecule has 0 saturated heterocycles. The number of carbonyl (C=O) groups excluding carboxylic acids is 1. The lowest BCUT2D eigenvalue weighted by Crippen LogP contribution is -2.42. The van der Waals surface area contributed by atoms with E-state index in [1.165, 1.54) is 7.11 Å². The smallest absolute Gasteiger partial charge is 0.329 e. The van der Waals surface area contributed by atoms with Gasteiger partial charge in [0.2, 0.25) is 11.1 Å². The highest BCUT2D eigenvalue weighted by molar-refractivity contribution is 9.10. The monoisotopic (exact) mass is 456 g/mol. The molecule has 0 spiro atoms. The van der Waals surface area contributed by atoms with E-state index < -0.39 is 16.9 Å². The molecule has 0 radical (unpaired) electrons. The van der Waals surface area contributed by atoms with E-state index in [0.29, 0.717) is 12.8 Å². The first kappa shape index (κ1) is 21.0. The van der Waals surface area contributed by atoms with Crippen molar-refractivity contribution in [3.63, 3.8) is 0 Å². The van der Waals surface area contributed by atoms with Crippen LogP contribution in [0.25, 0.3) is 0 Å². The number of rotatable bonds is 8. The normalized spacial score (nSPS) is 11.7. The summed E-state index contributed by atoms with van der Waals surface area (Å²) in [4.78, 5) is 32.6. The van der Waals surface area contributed by atoms with Crippen molar-refractivity contribution in [2.75, 3.05) is 12.0 Å². The summed E-state index contributed by atoms with van der Waals surface area (Å²) in [6, 6.07) is 6.66. The van der Waals surface area contributed by atoms with Crippen LogP contribution in [-0.4, -0.2) is 34.0 Å². The van der Waals surface area contributed by atoms with Crippen molar-refractivity contribution >= 4 is 45.0 Å². The molecule has 10 heteroatoms. The lowest BCUT2D eigenvalue weighted by Gasteiger charge is -2.30. The number of ether oxygens (including phenoxy) is 1. The van der Waals surface area contributed by atoms with Crippen molar-refractivity contribution in [2.45, 2.75) is 32.4 Å². The van der Waals surface area contributed by atoms with Gasteiger partial charge in [-0.15, -0.1) is 0 Å². The fourth-order valence-electron chi connectivity index (χ4n) is 2.66. The maximum atomic E-state index is 12.4. The van der Waals surface area contributed by atoms with Crippen LogP contribution in [0.4, 0.5) is 11.5 Å². The Hall–Kier alpha value is -2.26. The summed E-state index contributed by atoms with van der Waals surface area (Å²) in [6.45, 7) is 2.11. The summed E-state index contributed by atoms with van der Waals surface area (Å²) in [5.41, 5.74) is 0.498. The zero-order valence-electron chi connectivity index (χ0n) is 14.8. The van der Waals surface area contributed by atoms with Crippen molar-refractivity contribution in [3.05, 3.63) is 55.9 Å². The molecule has 0 N–H and O–H groups in total. The number of aromatic nitrogens is 2. The average Bonchev–Trinajstić information content (AvgIpc) is 2.63. The van der Waals surface area contributed by atoms with Gasteiger partial charge in [0.05, 0.1) is 12.0 Å². The first-order chi connectivity index (χ1) is 12.9. The minimum atomic E-state index is -0.761. The lowest BCUT2D eigenvalue weighted by atomic mass is 10.1. The Kier molecular flexibility index (Phi) is 7.49. The van der Waals surface area contributed by atoms with Gasteiger partial charge >= 0.3 is 11.7 Å². The molecule has 2 aromatic rings. The number of nitro groups is 1. The Morgan fingerprint density at radius 3 is 2.81 bits per heavy atom. The summed E-state index contributed by atoms with van der Waals surface area (Å²) in [6.07, 6.45) is 2.14. The summed E-state index contributed by atoms with van der Waals surface area (Å²) < 4.78 is 5.77. The third-order valence-electron chi connectivity index (χ3n) is 3.84. The molecule has 2 rings (SSSR count). The summed E-state index contributed by atoms with van der Waals surface area (Å²) in [5, 5.41) is 11.4. The van der Waals surface area contributed by atoms with Crippen LogP contribution in [0.1, 0.15) is 25.3 Å². The van der Waals surface area contributed by atoms with E-state index in [4.69, 9.17) is 16.3 Å². The Labute approximate surface area is 169 Å². The first-order valence-electron chi connectivity index (χ1n) is 8.13. The van der Waals surface area contributed by atoms with Gasteiger partial charge < -0.3 is 9.64 Å². The van der Waals surface area contributed by atoms with Crippen molar-refractivity contribution in [3.8, 4) is 0 Å². The fourth-order valence-corrected chi connectivity index (χ4v) is 3.24. The molecule has 0 unspecified atom stereocenters. The molecule has 144 valence electrons. The second kappa shape index (κ2) is 9.61. The van der Waals surface area contributed by atoms with Gasteiger partial charge in [-0.1, -0.05) is 41.4 Å². The SMILES string of the molecule is CCC[C@H](C(=O)OC)N(Cc1cccc(Br)c1)c1nc(Cl)ncc1[N+](=O)[O-]. The number of esters is 1. The van der Waals surface area contributed by atoms with Gasteiger partial charge in [0.25, 0.3) is 0 Å². The molecule has 1 aromatic heterocycles. The highest BCUT2D eigenvalue weighted by Gasteiger charge is 2.33. The Balaban J connectivity index is 2.60. The maximum Gasteiger partial charge on any atom is 0.329 e. The molecule has 0 aliphatic rings. The van der Waals surface area contributed by atoms with Crippen molar-refractivity contribution in [2.24, 2.45) is 0 Å². The van der Waals surface area contributed by atoms with E-state index in [2.05, 4.69) is 25.9 Å². The Morgan fingerprint density at radius 1 is 1.48 bits per heavy atom. The van der Waals surface area contributed by atoms with Crippen molar-refractivity contribution < 1.29 is 14.5 Å². The molecule has 0 amide bonds. The van der Waals surface area contributed by atoms with Gasteiger partial charge in [0, 0.05) is 11.0 Å². The van der Waals surface area contributed by atoms with E-state index in [0.717, 1.165) is 16.2 Å². The molecule has 0 aliphatic carbocycles. The number of anilines is 1. The van der Waals surface area contributed by atoms with Crippen LogP contribution in [0.5, 0.6) is 0 Å². The van der Waals surface area contributed by atoms with Crippen molar-refractivity contribution in [1.82, 2.24) is 9.97 Å². The van der Waals surface area contributed by atoms with E-state index in [1.54, 1.807) is 4.90 Å². The number of carbonyl (C=O) groups is 1. The molecule has 0 aliphatic heterocycles. The molecule has 0 bridgehead atoms. The van der Waals surface area contributed by atoms with Gasteiger partial charge in [0.15, 0.2) is 0 Å². The van der Waals surface area contributed by atoms with Crippen LogP contribution in [-0.2, 0) is 16.1 Å². The second-order valence-electron chi connectivity index (χ2n) is 5.69. The standard InChI is InChI=1S/C17H18BrClN4O4/c1-3-5-13(16(24)27-2)22(10-11-6-4-7-12(18)8-11)15-14(23(25)26)9-20-17(19)21-15/h4,6-9,13H,3,5,10H2,1-2H3/t13-/m1/s1. The van der Waals surface area contributed by atoms with Crippen LogP contribution >= 0.6 is 27.5 Å². The molecule has 1 heterocycles. The Bertz CT molecular complexity index is 836. The Morgan fingerprint density at radius 2 is 2.22 bits per heavy atom. The second-order valence-corrected chi connectivity index (χ2v) is 6.94. The third kappa shape index (κ3) is 5.36. The van der Waals surface area contributed by atoms with Crippen LogP contribution in [0.2, 0.25) is 5.28 Å². The summed E-state index contributed by atoms with van der Waals surface area (Å²) in [5.74, 6) is -0.528. The molecule has 1 aromatic carbocycles. The minimum Gasteiger partial charge on any atom is -0.467 e. The van der Waals surface area contributed by atoms with Gasteiger partial charge in [-0.2, -0.15) is 4.98 Å². The number of halogens is 2. The van der Waals surface area contributed by atoms with E-state index in [-0.39, 0.29) is 23.3 Å². The average molecular weight is 458 g/mol. The summed E-state index contributed by atoms with van der Waals surface area (Å²) >= 11 is 9.30. The van der Waals surface area contributed by atoms with Crippen LogP contribution in [0.3, 0.4) is 0 Å². The van der Waals surface area contributed by atoms with E-state index >= 15 is 0 Å². The molecular formula is C17H18BrClN4O4. The molecule has 27 heavy (non-hydrogen) atoms. The van der Waals surface area contributed by atoms with E-state index in [1.807, 2.05) is 31.2 Å². The predicted molar refractivity (Wildman–Crippen MR) is 105 cm³/mol. The predicted octanol–water partition coefficient (Wildman–Crippen LogP) is 4.15. The highest BCUT2D eigenvalue weighted by Crippen LogP contribution is 2.31. The van der Waals surface area contributed by atoms with E-state index in [9.17, 15) is 14.9 Å². The number of benzene rings is 1. The maximum absolute atomic E-state index is 12.4. The zero-order valence-corrected chi connectivity index (χ0v) is 17.1. The third-order valence-corrected chi connectivity index (χ3v) is 4.52. The lowest BCUT2D eigenvalue weighted by molar-refractivity contribution is -0.384. The summed E-state index contributed by atoms with van der Waals surface area (Å²) in [7, 11) is 1.28. The highest BCUT2D eigenvalue weighted by atomic mass is 79.9. The van der Waals surface area contributed by atoms with Gasteiger partial charge in [-0.25, -0.2) is 9.78 Å². The number of hydrogen-bond acceptors (Lipinski definition) is 7. The van der Waals surface area contributed by atoms with Crippen LogP contribution < -0.4 is 4.90 Å². The number of nitrogens with zero attached hydrogens (tertiary/aromatic N) is 4. The van der Waals surface area contributed by atoms with Gasteiger partial charge in [-0.05, 0) is 35.7 Å². The quantitative estimate of drug-likeness (QED) is 0.254. The molecular weight excluding hydrogens is 440 g/mol. The molecule has 8 nitrogen and oxygen atoms in total. The molecule has 0 saturated carbocycles. The largest absolute Gasteiger partial charge is 0.467 e. The van der Waals surface area contributed by atoms with Gasteiger partial charge in [-0.3, -0.25) is 10.1 Å². The van der Waals surface area contributed by atoms with Crippen molar-refractivity contribution in [1.29, 1.82) is 0 Å². The van der Waals surface area contributed by atoms with Crippen LogP contribution in [0, 0.1) is 10.1 Å². The molecule has 1 atom stereocenters. The minimum absolute atomic E-state index is 0.0242. The number of hydrogen-bond donors (Lipinski definition) is 0. The fraction of sp³-hybridized carbons (Fsp3) is 0.353. The van der Waals surface area contributed by atoms with Gasteiger partial charge in [0.1, 0.15) is 12.2 Å². The van der Waals surface area contributed by atoms with Crippen LogP contribution in [0.15, 0.2) is 34.9 Å². The number of methoxy groups -OCH3 is 1. The first-order valence-corrected chi connectivity index (χ1v) is 9.30. The zero-order chi connectivity index (χ0) is 20.0.